The fourth-order valence-electron chi connectivity index (χ4n) is 3.10. The molecule has 1 aliphatic rings. The van der Waals surface area contributed by atoms with Gasteiger partial charge in [0.2, 0.25) is 21.8 Å². The second-order valence-corrected chi connectivity index (χ2v) is 9.44. The highest BCUT2D eigenvalue weighted by Gasteiger charge is 2.33. The van der Waals surface area contributed by atoms with Crippen LogP contribution in [0.3, 0.4) is 0 Å². The van der Waals surface area contributed by atoms with E-state index >= 15 is 0 Å². The summed E-state index contributed by atoms with van der Waals surface area (Å²) < 4.78 is 33.0. The average Bonchev–Trinajstić information content (AvgIpc) is 2.72. The lowest BCUT2D eigenvalue weighted by Gasteiger charge is -2.31. The quantitative estimate of drug-likeness (QED) is 0.704. The summed E-state index contributed by atoms with van der Waals surface area (Å²) in [6, 6.07) is 10.1. The van der Waals surface area contributed by atoms with E-state index in [2.05, 4.69) is 26.2 Å². The monoisotopic (exact) mass is 467 g/mol. The zero-order chi connectivity index (χ0) is 20.1. The van der Waals surface area contributed by atoms with Gasteiger partial charge in [-0.15, -0.1) is 0 Å². The van der Waals surface area contributed by atoms with Crippen LogP contribution in [0.2, 0.25) is 0 Å². The van der Waals surface area contributed by atoms with Crippen LogP contribution in [0.15, 0.2) is 52.0 Å². The first-order valence-electron chi connectivity index (χ1n) is 8.92. The van der Waals surface area contributed by atoms with Gasteiger partial charge >= 0.3 is 0 Å². The molecule has 1 aromatic carbocycles. The number of carbonyl (C=O) groups excluding carboxylic acids is 1. The van der Waals surface area contributed by atoms with Crippen molar-refractivity contribution in [2.24, 2.45) is 5.92 Å². The predicted octanol–water partition coefficient (Wildman–Crippen LogP) is 2.57. The van der Waals surface area contributed by atoms with E-state index in [1.165, 1.54) is 4.31 Å². The highest BCUT2D eigenvalue weighted by atomic mass is 79.9. The number of nitrogens with zero attached hydrogens (tertiary/aromatic N) is 2. The van der Waals surface area contributed by atoms with Gasteiger partial charge in [0.15, 0.2) is 0 Å². The van der Waals surface area contributed by atoms with Crippen LogP contribution in [0, 0.1) is 5.92 Å². The van der Waals surface area contributed by atoms with Gasteiger partial charge in [-0.3, -0.25) is 4.79 Å². The smallest absolute Gasteiger partial charge is 0.243 e. The van der Waals surface area contributed by atoms with Gasteiger partial charge in [0, 0.05) is 36.4 Å². The largest absolute Gasteiger partial charge is 0.481 e. The number of halogens is 1. The lowest BCUT2D eigenvalue weighted by molar-refractivity contribution is -0.126. The standard InChI is InChI=1S/C19H22BrN3O4S/c1-27-18-9-4-14(11-21-18)12-22-19(24)15-3-2-10-23(13-15)28(25,26)17-7-5-16(20)6-8-17/h4-9,11,15H,2-3,10,12-13H2,1H3,(H,22,24). The molecule has 150 valence electrons. The number of rotatable bonds is 6. The molecular weight excluding hydrogens is 446 g/mol. The predicted molar refractivity (Wildman–Crippen MR) is 108 cm³/mol. The van der Waals surface area contributed by atoms with E-state index in [4.69, 9.17) is 4.74 Å². The molecule has 1 saturated heterocycles. The highest BCUT2D eigenvalue weighted by molar-refractivity contribution is 9.10. The molecule has 7 nitrogen and oxygen atoms in total. The molecule has 0 bridgehead atoms. The zero-order valence-corrected chi connectivity index (χ0v) is 17.9. The number of hydrogen-bond acceptors (Lipinski definition) is 5. The van der Waals surface area contributed by atoms with E-state index in [9.17, 15) is 13.2 Å². The van der Waals surface area contributed by atoms with Crippen molar-refractivity contribution >= 4 is 31.9 Å². The van der Waals surface area contributed by atoms with Crippen LogP contribution in [0.1, 0.15) is 18.4 Å². The third-order valence-electron chi connectivity index (χ3n) is 4.68. The van der Waals surface area contributed by atoms with Gasteiger partial charge in [-0.25, -0.2) is 13.4 Å². The van der Waals surface area contributed by atoms with Gasteiger partial charge in [0.1, 0.15) is 0 Å². The van der Waals surface area contributed by atoms with Crippen molar-refractivity contribution in [2.75, 3.05) is 20.2 Å². The van der Waals surface area contributed by atoms with Crippen LogP contribution in [0.25, 0.3) is 0 Å². The van der Waals surface area contributed by atoms with E-state index in [1.807, 2.05) is 6.07 Å². The summed E-state index contributed by atoms with van der Waals surface area (Å²) in [5, 5.41) is 2.88. The molecule has 1 amide bonds. The van der Waals surface area contributed by atoms with E-state index < -0.39 is 10.0 Å². The first kappa shape index (κ1) is 20.8. The Bertz CT molecular complexity index is 917. The molecule has 0 aliphatic carbocycles. The molecule has 0 spiro atoms. The molecule has 1 N–H and O–H groups in total. The summed E-state index contributed by atoms with van der Waals surface area (Å²) in [5.74, 6) is -0.00662. The Morgan fingerprint density at radius 2 is 2.04 bits per heavy atom. The second kappa shape index (κ2) is 9.02. The molecule has 2 aromatic rings. The minimum absolute atomic E-state index is 0.147. The molecule has 0 saturated carbocycles. The van der Waals surface area contributed by atoms with Gasteiger partial charge in [-0.1, -0.05) is 22.0 Å². The Morgan fingerprint density at radius 1 is 1.29 bits per heavy atom. The summed E-state index contributed by atoms with van der Waals surface area (Å²) in [6.07, 6.45) is 2.96. The first-order chi connectivity index (χ1) is 13.4. The lowest BCUT2D eigenvalue weighted by Crippen LogP contribution is -2.45. The molecule has 2 heterocycles. The van der Waals surface area contributed by atoms with Gasteiger partial charge in [0.05, 0.1) is 17.9 Å². The first-order valence-corrected chi connectivity index (χ1v) is 11.2. The summed E-state index contributed by atoms with van der Waals surface area (Å²) in [6.45, 7) is 0.946. The van der Waals surface area contributed by atoms with Crippen molar-refractivity contribution in [2.45, 2.75) is 24.3 Å². The summed E-state index contributed by atoms with van der Waals surface area (Å²) in [4.78, 5) is 16.9. The molecule has 1 fully saturated rings. The van der Waals surface area contributed by atoms with Crippen molar-refractivity contribution in [1.82, 2.24) is 14.6 Å². The van der Waals surface area contributed by atoms with E-state index in [1.54, 1.807) is 43.6 Å². The SMILES string of the molecule is COc1ccc(CNC(=O)C2CCCN(S(=O)(=O)c3ccc(Br)cc3)C2)cn1. The number of piperidine rings is 1. The normalized spacial score (nSPS) is 17.9. The Balaban J connectivity index is 1.61. The highest BCUT2D eigenvalue weighted by Crippen LogP contribution is 2.25. The number of carbonyl (C=O) groups is 1. The van der Waals surface area contributed by atoms with Crippen LogP contribution in [-0.2, 0) is 21.4 Å². The van der Waals surface area contributed by atoms with E-state index in [0.29, 0.717) is 31.8 Å². The average molecular weight is 468 g/mol. The molecule has 1 atom stereocenters. The van der Waals surface area contributed by atoms with Crippen molar-refractivity contribution < 1.29 is 17.9 Å². The minimum Gasteiger partial charge on any atom is -0.481 e. The molecule has 9 heteroatoms. The van der Waals surface area contributed by atoms with Gasteiger partial charge in [-0.05, 0) is 42.7 Å². The number of sulfonamides is 1. The van der Waals surface area contributed by atoms with Crippen molar-refractivity contribution in [3.8, 4) is 5.88 Å². The van der Waals surface area contributed by atoms with Crippen LogP contribution in [0.4, 0.5) is 0 Å². The molecular formula is C19H22BrN3O4S. The van der Waals surface area contributed by atoms with Gasteiger partial charge < -0.3 is 10.1 Å². The number of nitrogens with one attached hydrogen (secondary N) is 1. The maximum Gasteiger partial charge on any atom is 0.243 e. The third-order valence-corrected chi connectivity index (χ3v) is 7.09. The van der Waals surface area contributed by atoms with Crippen molar-refractivity contribution in [3.63, 3.8) is 0 Å². The zero-order valence-electron chi connectivity index (χ0n) is 15.5. The van der Waals surface area contributed by atoms with Gasteiger partial charge in [-0.2, -0.15) is 4.31 Å². The van der Waals surface area contributed by atoms with E-state index in [-0.39, 0.29) is 23.3 Å². The van der Waals surface area contributed by atoms with Crippen LogP contribution in [0.5, 0.6) is 5.88 Å². The van der Waals surface area contributed by atoms with Crippen molar-refractivity contribution in [3.05, 3.63) is 52.6 Å². The number of amides is 1. The number of hydrogen-bond donors (Lipinski definition) is 1. The number of ether oxygens (including phenoxy) is 1. The van der Waals surface area contributed by atoms with Crippen LogP contribution < -0.4 is 10.1 Å². The minimum atomic E-state index is -3.61. The van der Waals surface area contributed by atoms with Crippen molar-refractivity contribution in [1.29, 1.82) is 0 Å². The third kappa shape index (κ3) is 4.89. The maximum atomic E-state index is 12.9. The Kier molecular flexibility index (Phi) is 6.69. The molecule has 28 heavy (non-hydrogen) atoms. The fraction of sp³-hybridized carbons (Fsp3) is 0.368. The Labute approximate surface area is 173 Å². The second-order valence-electron chi connectivity index (χ2n) is 6.58. The molecule has 1 unspecified atom stereocenters. The molecule has 1 aromatic heterocycles. The topological polar surface area (TPSA) is 88.6 Å². The van der Waals surface area contributed by atoms with Gasteiger partial charge in [0.25, 0.3) is 0 Å². The van der Waals surface area contributed by atoms with E-state index in [0.717, 1.165) is 10.0 Å². The molecule has 0 radical (unpaired) electrons. The van der Waals surface area contributed by atoms with Crippen LogP contribution >= 0.6 is 15.9 Å². The number of benzene rings is 1. The number of aromatic nitrogens is 1. The molecule has 3 rings (SSSR count). The summed E-state index contributed by atoms with van der Waals surface area (Å²) >= 11 is 3.31. The number of pyridine rings is 1. The fourth-order valence-corrected chi connectivity index (χ4v) is 4.89. The van der Waals surface area contributed by atoms with Crippen LogP contribution in [-0.4, -0.2) is 43.8 Å². The Morgan fingerprint density at radius 3 is 2.68 bits per heavy atom. The Hall–Kier alpha value is -1.97. The number of methoxy groups -OCH3 is 1. The maximum absolute atomic E-state index is 12.9. The summed E-state index contributed by atoms with van der Waals surface area (Å²) in [5.41, 5.74) is 0.851. The molecule has 1 aliphatic heterocycles. The summed E-state index contributed by atoms with van der Waals surface area (Å²) in [7, 11) is -2.07. The lowest BCUT2D eigenvalue weighted by atomic mass is 9.99.